The van der Waals surface area contributed by atoms with E-state index in [0.29, 0.717) is 13.1 Å². The van der Waals surface area contributed by atoms with E-state index < -0.39 is 0 Å². The van der Waals surface area contributed by atoms with Gasteiger partial charge in [0, 0.05) is 12.0 Å². The van der Waals surface area contributed by atoms with Gasteiger partial charge in [-0.25, -0.2) is 4.39 Å². The van der Waals surface area contributed by atoms with Crippen molar-refractivity contribution in [3.05, 3.63) is 35.6 Å². The first-order valence-electron chi connectivity index (χ1n) is 6.19. The molecule has 0 unspecified atom stereocenters. The van der Waals surface area contributed by atoms with E-state index in [1.54, 1.807) is 0 Å². The minimum absolute atomic E-state index is 0.0355. The fourth-order valence-corrected chi connectivity index (χ4v) is 2.13. The van der Waals surface area contributed by atoms with E-state index in [4.69, 9.17) is 0 Å². The standard InChI is InChI=1S/C14H19FN2O/c1-17(2)9-13(18)16-10-14(7-8-14)11-3-5-12(15)6-4-11/h3-6H,7-10H2,1-2H3,(H,16,18). The summed E-state index contributed by atoms with van der Waals surface area (Å²) in [5.41, 5.74) is 1.16. The fourth-order valence-electron chi connectivity index (χ4n) is 2.13. The lowest BCUT2D eigenvalue weighted by molar-refractivity contribution is -0.121. The number of nitrogens with zero attached hydrogens (tertiary/aromatic N) is 1. The Morgan fingerprint density at radius 2 is 1.94 bits per heavy atom. The van der Waals surface area contributed by atoms with Gasteiger partial charge in [-0.15, -0.1) is 0 Å². The Bertz CT molecular complexity index is 424. The Morgan fingerprint density at radius 3 is 2.44 bits per heavy atom. The molecule has 1 aromatic rings. The zero-order valence-electron chi connectivity index (χ0n) is 10.9. The van der Waals surface area contributed by atoms with Crippen molar-refractivity contribution in [3.63, 3.8) is 0 Å². The lowest BCUT2D eigenvalue weighted by Crippen LogP contribution is -2.37. The molecule has 18 heavy (non-hydrogen) atoms. The first-order chi connectivity index (χ1) is 8.52. The maximum Gasteiger partial charge on any atom is 0.234 e. The molecular weight excluding hydrogens is 231 g/mol. The Balaban J connectivity index is 1.92. The molecule has 1 fully saturated rings. The molecule has 0 saturated heterocycles. The molecule has 1 aromatic carbocycles. The van der Waals surface area contributed by atoms with E-state index in [1.165, 1.54) is 12.1 Å². The normalized spacial score (nSPS) is 16.7. The van der Waals surface area contributed by atoms with Gasteiger partial charge in [0.15, 0.2) is 0 Å². The number of likely N-dealkylation sites (N-methyl/N-ethyl adjacent to an activating group) is 1. The number of carbonyl (C=O) groups is 1. The maximum absolute atomic E-state index is 12.9. The molecule has 98 valence electrons. The molecule has 0 atom stereocenters. The highest BCUT2D eigenvalue weighted by molar-refractivity contribution is 5.78. The monoisotopic (exact) mass is 250 g/mol. The first kappa shape index (κ1) is 13.0. The van der Waals surface area contributed by atoms with E-state index in [2.05, 4.69) is 5.32 Å². The zero-order valence-corrected chi connectivity index (χ0v) is 10.9. The molecule has 0 aromatic heterocycles. The van der Waals surface area contributed by atoms with Gasteiger partial charge in [0.25, 0.3) is 0 Å². The molecule has 0 spiro atoms. The predicted molar refractivity (Wildman–Crippen MR) is 68.9 cm³/mol. The van der Waals surface area contributed by atoms with E-state index in [-0.39, 0.29) is 17.1 Å². The largest absolute Gasteiger partial charge is 0.354 e. The Labute approximate surface area is 107 Å². The number of amides is 1. The number of nitrogens with one attached hydrogen (secondary N) is 1. The molecule has 1 N–H and O–H groups in total. The van der Waals surface area contributed by atoms with Crippen molar-refractivity contribution < 1.29 is 9.18 Å². The van der Waals surface area contributed by atoms with Crippen LogP contribution in [0.25, 0.3) is 0 Å². The van der Waals surface area contributed by atoms with E-state index >= 15 is 0 Å². The topological polar surface area (TPSA) is 32.3 Å². The molecule has 2 rings (SSSR count). The average molecular weight is 250 g/mol. The van der Waals surface area contributed by atoms with E-state index in [1.807, 2.05) is 31.1 Å². The van der Waals surface area contributed by atoms with Crippen molar-refractivity contribution in [1.82, 2.24) is 10.2 Å². The molecule has 0 radical (unpaired) electrons. The van der Waals surface area contributed by atoms with Crippen LogP contribution in [0, 0.1) is 5.82 Å². The van der Waals surface area contributed by atoms with Gasteiger partial charge in [0.2, 0.25) is 5.91 Å². The molecule has 1 saturated carbocycles. The molecule has 1 amide bonds. The molecular formula is C14H19FN2O. The van der Waals surface area contributed by atoms with Gasteiger partial charge in [0.1, 0.15) is 5.82 Å². The summed E-state index contributed by atoms with van der Waals surface area (Å²) in [6.45, 7) is 1.05. The lowest BCUT2D eigenvalue weighted by Gasteiger charge is -2.17. The van der Waals surface area contributed by atoms with Gasteiger partial charge in [0.05, 0.1) is 6.54 Å². The summed E-state index contributed by atoms with van der Waals surface area (Å²) in [5.74, 6) is -0.181. The maximum atomic E-state index is 12.9. The third-order valence-electron chi connectivity index (χ3n) is 3.39. The third-order valence-corrected chi connectivity index (χ3v) is 3.39. The summed E-state index contributed by atoms with van der Waals surface area (Å²) in [6, 6.07) is 6.61. The average Bonchev–Trinajstić information content (AvgIpc) is 3.08. The van der Waals surface area contributed by atoms with Crippen molar-refractivity contribution in [1.29, 1.82) is 0 Å². The predicted octanol–water partition coefficient (Wildman–Crippen LogP) is 1.54. The number of benzene rings is 1. The first-order valence-corrected chi connectivity index (χ1v) is 6.19. The van der Waals surface area contributed by atoms with Crippen LogP contribution in [0.4, 0.5) is 4.39 Å². The summed E-state index contributed by atoms with van der Waals surface area (Å²) in [6.07, 6.45) is 2.11. The summed E-state index contributed by atoms with van der Waals surface area (Å²) >= 11 is 0. The molecule has 1 aliphatic rings. The van der Waals surface area contributed by atoms with Gasteiger partial charge in [-0.2, -0.15) is 0 Å². The van der Waals surface area contributed by atoms with Gasteiger partial charge >= 0.3 is 0 Å². The Hall–Kier alpha value is -1.42. The van der Waals surface area contributed by atoms with Crippen LogP contribution in [-0.2, 0) is 10.2 Å². The van der Waals surface area contributed by atoms with Crippen LogP contribution in [0.1, 0.15) is 18.4 Å². The van der Waals surface area contributed by atoms with Crippen molar-refractivity contribution in [2.24, 2.45) is 0 Å². The third kappa shape index (κ3) is 3.07. The number of carbonyl (C=O) groups excluding carboxylic acids is 1. The summed E-state index contributed by atoms with van der Waals surface area (Å²) in [4.78, 5) is 13.4. The minimum Gasteiger partial charge on any atom is -0.354 e. The van der Waals surface area contributed by atoms with Gasteiger partial charge in [-0.1, -0.05) is 12.1 Å². The van der Waals surface area contributed by atoms with Crippen LogP contribution >= 0.6 is 0 Å². The number of rotatable bonds is 5. The second kappa shape index (κ2) is 5.06. The van der Waals surface area contributed by atoms with Gasteiger partial charge in [-0.3, -0.25) is 4.79 Å². The summed E-state index contributed by atoms with van der Waals surface area (Å²) < 4.78 is 12.9. The van der Waals surface area contributed by atoms with Gasteiger partial charge in [-0.05, 0) is 44.6 Å². The molecule has 1 aliphatic carbocycles. The molecule has 0 bridgehead atoms. The highest BCUT2D eigenvalue weighted by Crippen LogP contribution is 2.47. The van der Waals surface area contributed by atoms with Crippen LogP contribution in [0.2, 0.25) is 0 Å². The Kier molecular flexibility index (Phi) is 3.66. The second-order valence-corrected chi connectivity index (χ2v) is 5.30. The Morgan fingerprint density at radius 1 is 1.33 bits per heavy atom. The second-order valence-electron chi connectivity index (χ2n) is 5.30. The lowest BCUT2D eigenvalue weighted by atomic mass is 9.96. The SMILES string of the molecule is CN(C)CC(=O)NCC1(c2ccc(F)cc2)CC1. The number of hydrogen-bond acceptors (Lipinski definition) is 2. The van der Waals surface area contributed by atoms with Crippen molar-refractivity contribution >= 4 is 5.91 Å². The molecule has 0 heterocycles. The quantitative estimate of drug-likeness (QED) is 0.859. The summed E-state index contributed by atoms with van der Waals surface area (Å²) in [5, 5.41) is 2.96. The van der Waals surface area contributed by atoms with Crippen LogP contribution in [0.5, 0.6) is 0 Å². The van der Waals surface area contributed by atoms with Gasteiger partial charge < -0.3 is 10.2 Å². The number of hydrogen-bond donors (Lipinski definition) is 1. The highest BCUT2D eigenvalue weighted by Gasteiger charge is 2.44. The molecule has 0 aliphatic heterocycles. The highest BCUT2D eigenvalue weighted by atomic mass is 19.1. The van der Waals surface area contributed by atoms with Crippen molar-refractivity contribution in [3.8, 4) is 0 Å². The zero-order chi connectivity index (χ0) is 13.2. The van der Waals surface area contributed by atoms with E-state index in [9.17, 15) is 9.18 Å². The van der Waals surface area contributed by atoms with Crippen LogP contribution < -0.4 is 5.32 Å². The van der Waals surface area contributed by atoms with Crippen molar-refractivity contribution in [2.75, 3.05) is 27.2 Å². The fraction of sp³-hybridized carbons (Fsp3) is 0.500. The van der Waals surface area contributed by atoms with Crippen LogP contribution in [-0.4, -0.2) is 38.0 Å². The van der Waals surface area contributed by atoms with E-state index in [0.717, 1.165) is 18.4 Å². The van der Waals surface area contributed by atoms with Crippen LogP contribution in [0.15, 0.2) is 24.3 Å². The minimum atomic E-state index is -0.216. The number of halogens is 1. The van der Waals surface area contributed by atoms with Crippen LogP contribution in [0.3, 0.4) is 0 Å². The summed E-state index contributed by atoms with van der Waals surface area (Å²) in [7, 11) is 3.74. The smallest absolute Gasteiger partial charge is 0.234 e. The van der Waals surface area contributed by atoms with Crippen molar-refractivity contribution in [2.45, 2.75) is 18.3 Å². The molecule has 3 nitrogen and oxygen atoms in total. The molecule has 4 heteroatoms.